The lowest BCUT2D eigenvalue weighted by Gasteiger charge is -2.37. The van der Waals surface area contributed by atoms with E-state index in [0.717, 1.165) is 0 Å². The van der Waals surface area contributed by atoms with Crippen LogP contribution in [-0.4, -0.2) is 62.3 Å². The van der Waals surface area contributed by atoms with Gasteiger partial charge in [0.05, 0.1) is 18.6 Å². The van der Waals surface area contributed by atoms with Gasteiger partial charge in [-0.05, 0) is 19.8 Å². The lowest BCUT2D eigenvalue weighted by Crippen LogP contribution is -2.53. The van der Waals surface area contributed by atoms with E-state index in [1.165, 1.54) is 7.11 Å². The SMILES string of the molecule is CO[C@@H]1C(=O)CC[C@]2(CO2)[C@H]1C1(C)O[C@@H]1CCOCC(F)(F)F. The van der Waals surface area contributed by atoms with Crippen molar-refractivity contribution in [1.29, 1.82) is 0 Å². The third-order valence-electron chi connectivity index (χ3n) is 5.14. The minimum absolute atomic E-state index is 0.0300. The van der Waals surface area contributed by atoms with Crippen LogP contribution in [0.3, 0.4) is 0 Å². The van der Waals surface area contributed by atoms with Crippen LogP contribution in [0.25, 0.3) is 0 Å². The highest BCUT2D eigenvalue weighted by Crippen LogP contribution is 2.58. The van der Waals surface area contributed by atoms with E-state index >= 15 is 0 Å². The Morgan fingerprint density at radius 2 is 2.09 bits per heavy atom. The molecule has 1 saturated carbocycles. The predicted molar refractivity (Wildman–Crippen MR) is 72.0 cm³/mol. The first kappa shape index (κ1) is 17.1. The van der Waals surface area contributed by atoms with E-state index in [4.69, 9.17) is 14.2 Å². The van der Waals surface area contributed by atoms with Crippen molar-refractivity contribution in [2.24, 2.45) is 5.92 Å². The second kappa shape index (κ2) is 5.68. The first-order chi connectivity index (χ1) is 10.7. The quantitative estimate of drug-likeness (QED) is 0.547. The van der Waals surface area contributed by atoms with Crippen molar-refractivity contribution in [3.8, 4) is 0 Å². The van der Waals surface area contributed by atoms with Crippen LogP contribution in [0.5, 0.6) is 0 Å². The van der Waals surface area contributed by atoms with Gasteiger partial charge in [0.1, 0.15) is 23.9 Å². The summed E-state index contributed by atoms with van der Waals surface area (Å²) in [6, 6.07) is 0. The predicted octanol–water partition coefficient (Wildman–Crippen LogP) is 1.88. The molecule has 2 heterocycles. The van der Waals surface area contributed by atoms with Gasteiger partial charge in [0.25, 0.3) is 0 Å². The molecule has 1 spiro atoms. The lowest BCUT2D eigenvalue weighted by atomic mass is 9.69. The van der Waals surface area contributed by atoms with Crippen LogP contribution in [0.1, 0.15) is 26.2 Å². The summed E-state index contributed by atoms with van der Waals surface area (Å²) in [5, 5.41) is 0. The molecule has 0 radical (unpaired) electrons. The van der Waals surface area contributed by atoms with Gasteiger partial charge in [-0.1, -0.05) is 0 Å². The normalized spacial score (nSPS) is 43.0. The first-order valence-corrected chi connectivity index (χ1v) is 7.74. The molecule has 1 unspecified atom stereocenters. The summed E-state index contributed by atoms with van der Waals surface area (Å²) < 4.78 is 57.6. The van der Waals surface area contributed by atoms with Gasteiger partial charge in [0, 0.05) is 20.1 Å². The molecule has 2 saturated heterocycles. The Morgan fingerprint density at radius 3 is 2.65 bits per heavy atom. The molecule has 8 heteroatoms. The summed E-state index contributed by atoms with van der Waals surface area (Å²) in [6.45, 7) is 1.15. The second-order valence-electron chi connectivity index (χ2n) is 6.70. The summed E-state index contributed by atoms with van der Waals surface area (Å²) in [5.41, 5.74) is -1.00. The topological polar surface area (TPSA) is 60.6 Å². The van der Waals surface area contributed by atoms with E-state index in [2.05, 4.69) is 4.74 Å². The Balaban J connectivity index is 1.59. The lowest BCUT2D eigenvalue weighted by molar-refractivity contribution is -0.174. The molecule has 5 nitrogen and oxygen atoms in total. The smallest absolute Gasteiger partial charge is 0.373 e. The molecule has 3 aliphatic rings. The number of carbonyl (C=O) groups is 1. The van der Waals surface area contributed by atoms with Gasteiger partial charge >= 0.3 is 6.18 Å². The van der Waals surface area contributed by atoms with Crippen LogP contribution < -0.4 is 0 Å². The maximum absolute atomic E-state index is 12.1. The van der Waals surface area contributed by atoms with Crippen LogP contribution in [0.2, 0.25) is 0 Å². The van der Waals surface area contributed by atoms with E-state index in [9.17, 15) is 18.0 Å². The number of epoxide rings is 2. The maximum Gasteiger partial charge on any atom is 0.411 e. The second-order valence-corrected chi connectivity index (χ2v) is 6.70. The van der Waals surface area contributed by atoms with Crippen LogP contribution in [-0.2, 0) is 23.7 Å². The Kier molecular flexibility index (Phi) is 4.23. The summed E-state index contributed by atoms with van der Waals surface area (Å²) in [7, 11) is 1.49. The zero-order chi connectivity index (χ0) is 16.9. The van der Waals surface area contributed by atoms with E-state index in [-0.39, 0.29) is 30.0 Å². The minimum Gasteiger partial charge on any atom is -0.373 e. The average Bonchev–Trinajstić information content (AvgIpc) is 3.36. The van der Waals surface area contributed by atoms with Crippen molar-refractivity contribution >= 4 is 5.78 Å². The third-order valence-corrected chi connectivity index (χ3v) is 5.14. The number of methoxy groups -OCH3 is 1. The number of halogens is 3. The maximum atomic E-state index is 12.1. The summed E-state index contributed by atoms with van der Waals surface area (Å²) in [6.07, 6.45) is -3.74. The van der Waals surface area contributed by atoms with Gasteiger partial charge in [-0.2, -0.15) is 13.2 Å². The molecule has 0 aromatic carbocycles. The number of ketones is 1. The molecular formula is C15H21F3O5. The van der Waals surface area contributed by atoms with E-state index < -0.39 is 24.5 Å². The third kappa shape index (κ3) is 3.26. The summed E-state index contributed by atoms with van der Waals surface area (Å²) in [4.78, 5) is 12.1. The molecule has 0 bridgehead atoms. The van der Waals surface area contributed by atoms with Crippen LogP contribution in [0.4, 0.5) is 13.2 Å². The molecule has 5 atom stereocenters. The first-order valence-electron chi connectivity index (χ1n) is 7.74. The van der Waals surface area contributed by atoms with Crippen molar-refractivity contribution in [2.45, 2.75) is 55.8 Å². The molecule has 132 valence electrons. The van der Waals surface area contributed by atoms with Crippen LogP contribution in [0.15, 0.2) is 0 Å². The fourth-order valence-electron chi connectivity index (χ4n) is 3.87. The van der Waals surface area contributed by atoms with Gasteiger partial charge < -0.3 is 18.9 Å². The summed E-state index contributed by atoms with van der Waals surface area (Å²) >= 11 is 0. The average molecular weight is 338 g/mol. The number of carbonyl (C=O) groups excluding carboxylic acids is 1. The minimum atomic E-state index is -4.32. The van der Waals surface area contributed by atoms with Crippen molar-refractivity contribution in [3.05, 3.63) is 0 Å². The Bertz CT molecular complexity index is 476. The number of hydrogen-bond donors (Lipinski definition) is 0. The number of rotatable bonds is 6. The number of Topliss-reactive ketones (excluding diaryl/α,β-unsaturated/α-hetero) is 1. The largest absolute Gasteiger partial charge is 0.411 e. The van der Waals surface area contributed by atoms with Crippen LogP contribution in [0, 0.1) is 5.92 Å². The van der Waals surface area contributed by atoms with Crippen molar-refractivity contribution < 1.29 is 36.9 Å². The molecule has 3 rings (SSSR count). The monoisotopic (exact) mass is 338 g/mol. The molecule has 0 amide bonds. The standard InChI is InChI=1S/C15H21F3O5/c1-13(10(23-13)4-6-21-8-15(16,17)18)12-11(20-2)9(19)3-5-14(12)7-22-14/h10-12H,3-8H2,1-2H3/t10-,11-,12-,13?,14+/m1/s1. The molecule has 23 heavy (non-hydrogen) atoms. The number of ether oxygens (including phenoxy) is 4. The van der Waals surface area contributed by atoms with Crippen LogP contribution >= 0.6 is 0 Å². The fraction of sp³-hybridized carbons (Fsp3) is 0.933. The zero-order valence-electron chi connectivity index (χ0n) is 13.1. The summed E-state index contributed by atoms with van der Waals surface area (Å²) in [5.74, 6) is -0.198. The van der Waals surface area contributed by atoms with Gasteiger partial charge in [0.2, 0.25) is 0 Å². The molecule has 0 N–H and O–H groups in total. The highest BCUT2D eigenvalue weighted by atomic mass is 19.4. The van der Waals surface area contributed by atoms with Gasteiger partial charge in [-0.3, -0.25) is 4.79 Å². The van der Waals surface area contributed by atoms with Gasteiger partial charge in [0.15, 0.2) is 5.78 Å². The molecule has 1 aliphatic carbocycles. The zero-order valence-corrected chi connectivity index (χ0v) is 13.1. The number of hydrogen-bond acceptors (Lipinski definition) is 5. The molecule has 3 fully saturated rings. The Labute approximate surface area is 132 Å². The van der Waals surface area contributed by atoms with Crippen molar-refractivity contribution in [3.63, 3.8) is 0 Å². The van der Waals surface area contributed by atoms with E-state index in [1.807, 2.05) is 6.92 Å². The van der Waals surface area contributed by atoms with Crippen molar-refractivity contribution in [2.75, 3.05) is 26.9 Å². The van der Waals surface area contributed by atoms with Gasteiger partial charge in [-0.15, -0.1) is 0 Å². The molecular weight excluding hydrogens is 317 g/mol. The fourth-order valence-corrected chi connectivity index (χ4v) is 3.87. The van der Waals surface area contributed by atoms with Gasteiger partial charge in [-0.25, -0.2) is 0 Å². The van der Waals surface area contributed by atoms with E-state index in [0.29, 0.717) is 25.9 Å². The molecule has 0 aromatic rings. The highest BCUT2D eigenvalue weighted by Gasteiger charge is 2.71. The molecule has 2 aliphatic heterocycles. The Hall–Kier alpha value is -0.700. The van der Waals surface area contributed by atoms with E-state index in [1.54, 1.807) is 0 Å². The molecule has 0 aromatic heterocycles. The highest BCUT2D eigenvalue weighted by molar-refractivity contribution is 5.85. The van der Waals surface area contributed by atoms with Crippen molar-refractivity contribution in [1.82, 2.24) is 0 Å². The number of alkyl halides is 3. The Morgan fingerprint density at radius 1 is 1.39 bits per heavy atom.